The van der Waals surface area contributed by atoms with Crippen LogP contribution in [-0.2, 0) is 13.1 Å². The van der Waals surface area contributed by atoms with Crippen LogP contribution >= 0.6 is 0 Å². The molecule has 0 amide bonds. The van der Waals surface area contributed by atoms with Gasteiger partial charge in [0.15, 0.2) is 0 Å². The average molecular weight is 361 g/mol. The van der Waals surface area contributed by atoms with E-state index in [1.54, 1.807) is 0 Å². The Morgan fingerprint density at radius 1 is 0.889 bits per heavy atom. The molecule has 3 aromatic rings. The smallest absolute Gasteiger partial charge is 0.123 e. The maximum absolute atomic E-state index is 4.63. The molecule has 0 unspecified atom stereocenters. The molecular formula is C22H27N5. The fourth-order valence-corrected chi connectivity index (χ4v) is 3.73. The minimum absolute atomic E-state index is 0.881. The van der Waals surface area contributed by atoms with Crippen LogP contribution < -0.4 is 4.90 Å². The summed E-state index contributed by atoms with van der Waals surface area (Å²) in [6.45, 7) is 8.15. The maximum atomic E-state index is 4.63. The number of hydrogen-bond donors (Lipinski definition) is 0. The van der Waals surface area contributed by atoms with E-state index >= 15 is 0 Å². The summed E-state index contributed by atoms with van der Waals surface area (Å²) in [5, 5.41) is 0. The molecule has 1 aliphatic rings. The third-order valence-electron chi connectivity index (χ3n) is 5.20. The molecule has 0 spiro atoms. The maximum Gasteiger partial charge on any atom is 0.123 e. The minimum Gasteiger partial charge on any atom is -0.370 e. The van der Waals surface area contributed by atoms with Crippen LogP contribution in [0.25, 0.3) is 0 Å². The second-order valence-electron chi connectivity index (χ2n) is 7.23. The molecule has 0 aliphatic carbocycles. The van der Waals surface area contributed by atoms with Crippen molar-refractivity contribution in [3.05, 3.63) is 78.1 Å². The number of aromatic nitrogens is 3. The van der Waals surface area contributed by atoms with Gasteiger partial charge in [0.05, 0.1) is 6.54 Å². The lowest BCUT2D eigenvalue weighted by molar-refractivity contribution is 0.274. The Morgan fingerprint density at radius 2 is 1.78 bits per heavy atom. The van der Waals surface area contributed by atoms with E-state index in [2.05, 4.69) is 79.9 Å². The van der Waals surface area contributed by atoms with Gasteiger partial charge in [-0.2, -0.15) is 0 Å². The third-order valence-corrected chi connectivity index (χ3v) is 5.20. The highest BCUT2D eigenvalue weighted by molar-refractivity contribution is 5.46. The first-order valence-corrected chi connectivity index (χ1v) is 9.72. The van der Waals surface area contributed by atoms with Crippen LogP contribution in [0.15, 0.2) is 61.1 Å². The topological polar surface area (TPSA) is 37.2 Å². The van der Waals surface area contributed by atoms with E-state index in [9.17, 15) is 0 Å². The zero-order valence-corrected chi connectivity index (χ0v) is 16.0. The normalized spacial score (nSPS) is 15.7. The van der Waals surface area contributed by atoms with E-state index in [-0.39, 0.29) is 0 Å². The fraction of sp³-hybridized carbons (Fsp3) is 0.364. The first-order valence-electron chi connectivity index (χ1n) is 9.72. The van der Waals surface area contributed by atoms with E-state index in [1.807, 2.05) is 12.4 Å². The quantitative estimate of drug-likeness (QED) is 0.698. The molecule has 0 saturated carbocycles. The Hall–Kier alpha value is -2.66. The molecule has 4 rings (SSSR count). The standard InChI is InChI=1S/C22H27N5/c1-19-16-21(8-9-23-19)26-12-5-11-25(14-15-26)18-22-24-10-13-27(22)17-20-6-3-2-4-7-20/h2-4,6-10,13,16H,5,11-12,14-15,17-18H2,1H3. The van der Waals surface area contributed by atoms with Crippen LogP contribution in [0.5, 0.6) is 0 Å². The Bertz CT molecular complexity index is 858. The minimum atomic E-state index is 0.881. The molecule has 0 atom stereocenters. The van der Waals surface area contributed by atoms with Gasteiger partial charge in [0.1, 0.15) is 5.82 Å². The van der Waals surface area contributed by atoms with Gasteiger partial charge in [-0.25, -0.2) is 4.98 Å². The largest absolute Gasteiger partial charge is 0.370 e. The summed E-state index contributed by atoms with van der Waals surface area (Å²) in [4.78, 5) is 13.9. The van der Waals surface area contributed by atoms with E-state index in [0.29, 0.717) is 0 Å². The molecule has 1 fully saturated rings. The van der Waals surface area contributed by atoms with Crippen molar-refractivity contribution in [2.75, 3.05) is 31.1 Å². The number of imidazole rings is 1. The Kier molecular flexibility index (Phi) is 5.49. The molecule has 2 aromatic heterocycles. The number of pyridine rings is 1. The number of anilines is 1. The Morgan fingerprint density at radius 3 is 2.63 bits per heavy atom. The summed E-state index contributed by atoms with van der Waals surface area (Å²) in [6.07, 6.45) is 7.09. The molecule has 0 N–H and O–H groups in total. The van der Waals surface area contributed by atoms with Gasteiger partial charge >= 0.3 is 0 Å². The van der Waals surface area contributed by atoms with Gasteiger partial charge in [-0.15, -0.1) is 0 Å². The monoisotopic (exact) mass is 361 g/mol. The predicted molar refractivity (Wildman–Crippen MR) is 109 cm³/mol. The van der Waals surface area contributed by atoms with Crippen molar-refractivity contribution in [2.24, 2.45) is 0 Å². The number of rotatable bonds is 5. The molecule has 5 nitrogen and oxygen atoms in total. The van der Waals surface area contributed by atoms with Crippen molar-refractivity contribution in [3.8, 4) is 0 Å². The lowest BCUT2D eigenvalue weighted by Crippen LogP contribution is -2.31. The first kappa shape index (κ1) is 17.7. The number of nitrogens with zero attached hydrogens (tertiary/aromatic N) is 5. The van der Waals surface area contributed by atoms with E-state index in [0.717, 1.165) is 50.8 Å². The summed E-state index contributed by atoms with van der Waals surface area (Å²) in [5.74, 6) is 1.15. The molecule has 140 valence electrons. The first-order chi connectivity index (χ1) is 13.3. The molecular weight excluding hydrogens is 334 g/mol. The van der Waals surface area contributed by atoms with Crippen molar-refractivity contribution in [3.63, 3.8) is 0 Å². The highest BCUT2D eigenvalue weighted by Gasteiger charge is 2.17. The lowest BCUT2D eigenvalue weighted by Gasteiger charge is -2.24. The third kappa shape index (κ3) is 4.55. The van der Waals surface area contributed by atoms with Crippen LogP contribution in [-0.4, -0.2) is 45.6 Å². The van der Waals surface area contributed by atoms with Gasteiger partial charge in [-0.1, -0.05) is 30.3 Å². The van der Waals surface area contributed by atoms with Gasteiger partial charge in [-0.3, -0.25) is 9.88 Å². The fourth-order valence-electron chi connectivity index (χ4n) is 3.73. The van der Waals surface area contributed by atoms with Crippen molar-refractivity contribution < 1.29 is 0 Å². The van der Waals surface area contributed by atoms with Crippen LogP contribution in [0.4, 0.5) is 5.69 Å². The van der Waals surface area contributed by atoms with Crippen molar-refractivity contribution in [1.82, 2.24) is 19.4 Å². The van der Waals surface area contributed by atoms with Gasteiger partial charge in [0, 0.05) is 62.7 Å². The zero-order chi connectivity index (χ0) is 18.5. The predicted octanol–water partition coefficient (Wildman–Crippen LogP) is 3.35. The van der Waals surface area contributed by atoms with Crippen LogP contribution in [0, 0.1) is 6.92 Å². The van der Waals surface area contributed by atoms with Gasteiger partial charge in [0.25, 0.3) is 0 Å². The zero-order valence-electron chi connectivity index (χ0n) is 16.0. The summed E-state index contributed by atoms with van der Waals surface area (Å²) >= 11 is 0. The molecule has 1 aromatic carbocycles. The lowest BCUT2D eigenvalue weighted by atomic mass is 10.2. The molecule has 1 aliphatic heterocycles. The van der Waals surface area contributed by atoms with Gasteiger partial charge in [-0.05, 0) is 31.0 Å². The van der Waals surface area contributed by atoms with Crippen LogP contribution in [0.2, 0.25) is 0 Å². The highest BCUT2D eigenvalue weighted by Crippen LogP contribution is 2.17. The molecule has 0 radical (unpaired) electrons. The van der Waals surface area contributed by atoms with Crippen molar-refractivity contribution >= 4 is 5.69 Å². The van der Waals surface area contributed by atoms with E-state index in [1.165, 1.54) is 17.7 Å². The molecule has 5 heteroatoms. The number of hydrogen-bond acceptors (Lipinski definition) is 4. The van der Waals surface area contributed by atoms with E-state index in [4.69, 9.17) is 0 Å². The molecule has 27 heavy (non-hydrogen) atoms. The molecule has 3 heterocycles. The second-order valence-corrected chi connectivity index (χ2v) is 7.23. The number of aryl methyl sites for hydroxylation is 1. The van der Waals surface area contributed by atoms with Gasteiger partial charge in [0.2, 0.25) is 0 Å². The average Bonchev–Trinajstić information content (AvgIpc) is 2.97. The molecule has 1 saturated heterocycles. The number of benzene rings is 1. The highest BCUT2D eigenvalue weighted by atomic mass is 15.2. The summed E-state index contributed by atoms with van der Waals surface area (Å²) in [5.41, 5.74) is 3.68. The Balaban J connectivity index is 1.39. The van der Waals surface area contributed by atoms with Crippen molar-refractivity contribution in [2.45, 2.75) is 26.4 Å². The SMILES string of the molecule is Cc1cc(N2CCCN(Cc3nccn3Cc3ccccc3)CC2)ccn1. The summed E-state index contributed by atoms with van der Waals surface area (Å²) in [7, 11) is 0. The van der Waals surface area contributed by atoms with Gasteiger partial charge < -0.3 is 9.47 Å². The summed E-state index contributed by atoms with van der Waals surface area (Å²) in [6, 6.07) is 14.9. The second kappa shape index (κ2) is 8.35. The van der Waals surface area contributed by atoms with E-state index < -0.39 is 0 Å². The van der Waals surface area contributed by atoms with Crippen LogP contribution in [0.1, 0.15) is 23.5 Å². The van der Waals surface area contributed by atoms with Crippen molar-refractivity contribution in [1.29, 1.82) is 0 Å². The van der Waals surface area contributed by atoms with Crippen LogP contribution in [0.3, 0.4) is 0 Å². The molecule has 0 bridgehead atoms. The Labute approximate surface area is 161 Å². The summed E-state index contributed by atoms with van der Waals surface area (Å²) < 4.78 is 2.27.